The number of aryl methyl sites for hydroxylation is 1. The molecule has 1 aliphatic rings. The quantitative estimate of drug-likeness (QED) is 0.846. The highest BCUT2D eigenvalue weighted by Gasteiger charge is 2.30. The third-order valence-electron chi connectivity index (χ3n) is 3.93. The van der Waals surface area contributed by atoms with Gasteiger partial charge in [-0.05, 0) is 30.5 Å². The number of hydrogen-bond donors (Lipinski definition) is 2. The van der Waals surface area contributed by atoms with Gasteiger partial charge >= 0.3 is 5.97 Å². The molecular formula is C16H20N2O4. The fourth-order valence-electron chi connectivity index (χ4n) is 2.61. The van der Waals surface area contributed by atoms with Crippen LogP contribution in [0.3, 0.4) is 0 Å². The van der Waals surface area contributed by atoms with Crippen molar-refractivity contribution in [3.05, 3.63) is 35.4 Å². The molecule has 0 bridgehead atoms. The van der Waals surface area contributed by atoms with Crippen LogP contribution in [0.5, 0.6) is 0 Å². The molecule has 118 valence electrons. The van der Waals surface area contributed by atoms with E-state index in [0.29, 0.717) is 37.9 Å². The van der Waals surface area contributed by atoms with Crippen molar-refractivity contribution in [1.82, 2.24) is 10.2 Å². The van der Waals surface area contributed by atoms with Crippen LogP contribution in [-0.4, -0.2) is 47.9 Å². The Bertz CT molecular complexity index is 585. The highest BCUT2D eigenvalue weighted by atomic mass is 16.4. The maximum Gasteiger partial charge on any atom is 0.308 e. The highest BCUT2D eigenvalue weighted by molar-refractivity contribution is 5.94. The third kappa shape index (κ3) is 3.84. The first-order chi connectivity index (χ1) is 10.5. The average molecular weight is 304 g/mol. The maximum absolute atomic E-state index is 12.1. The summed E-state index contributed by atoms with van der Waals surface area (Å²) in [6.45, 7) is 0.806. The molecule has 0 aromatic heterocycles. The third-order valence-corrected chi connectivity index (χ3v) is 3.93. The number of carboxylic acid groups (broad SMARTS) is 1. The number of nitrogens with zero attached hydrogens (tertiary/aromatic N) is 1. The van der Waals surface area contributed by atoms with Crippen molar-refractivity contribution in [1.29, 1.82) is 0 Å². The van der Waals surface area contributed by atoms with E-state index in [9.17, 15) is 14.4 Å². The second-order valence-corrected chi connectivity index (χ2v) is 5.44. The lowest BCUT2D eigenvalue weighted by Crippen LogP contribution is -2.30. The first kappa shape index (κ1) is 16.0. The summed E-state index contributed by atoms with van der Waals surface area (Å²) in [7, 11) is 1.57. The number of carboxylic acids is 1. The van der Waals surface area contributed by atoms with Crippen LogP contribution in [0.4, 0.5) is 0 Å². The van der Waals surface area contributed by atoms with E-state index in [1.165, 1.54) is 0 Å². The minimum absolute atomic E-state index is 0.0332. The topological polar surface area (TPSA) is 86.7 Å². The average Bonchev–Trinajstić information content (AvgIpc) is 3.02. The van der Waals surface area contributed by atoms with E-state index in [1.807, 2.05) is 6.07 Å². The largest absolute Gasteiger partial charge is 0.481 e. The Morgan fingerprint density at radius 3 is 2.77 bits per heavy atom. The van der Waals surface area contributed by atoms with Crippen molar-refractivity contribution in [3.63, 3.8) is 0 Å². The highest BCUT2D eigenvalue weighted by Crippen LogP contribution is 2.18. The van der Waals surface area contributed by atoms with E-state index in [4.69, 9.17) is 5.11 Å². The minimum Gasteiger partial charge on any atom is -0.481 e. The zero-order chi connectivity index (χ0) is 16.1. The van der Waals surface area contributed by atoms with Crippen LogP contribution in [0.2, 0.25) is 0 Å². The van der Waals surface area contributed by atoms with E-state index in [2.05, 4.69) is 5.32 Å². The Balaban J connectivity index is 1.89. The fraction of sp³-hybridized carbons (Fsp3) is 0.438. The molecular weight excluding hydrogens is 284 g/mol. The van der Waals surface area contributed by atoms with Crippen LogP contribution in [0, 0.1) is 5.92 Å². The molecule has 1 heterocycles. The van der Waals surface area contributed by atoms with E-state index in [-0.39, 0.29) is 11.8 Å². The number of aliphatic carboxylic acids is 1. The molecule has 6 heteroatoms. The lowest BCUT2D eigenvalue weighted by Gasteiger charge is -2.15. The Hall–Kier alpha value is -2.37. The predicted octanol–water partition coefficient (Wildman–Crippen LogP) is 0.912. The molecule has 1 aromatic rings. The van der Waals surface area contributed by atoms with Crippen LogP contribution in [0.25, 0.3) is 0 Å². The molecule has 0 saturated carbocycles. The number of hydrogen-bond acceptors (Lipinski definition) is 3. The van der Waals surface area contributed by atoms with E-state index >= 15 is 0 Å². The van der Waals surface area contributed by atoms with Gasteiger partial charge in [0.25, 0.3) is 5.91 Å². The standard InChI is InChI=1S/C16H20N2O4/c1-17-15(20)12-4-2-3-11(9-12)5-6-14(19)18-8-7-13(10-18)16(21)22/h2-4,9,13H,5-8,10H2,1H3,(H,17,20)(H,21,22). The summed E-state index contributed by atoms with van der Waals surface area (Å²) in [5.41, 5.74) is 1.49. The van der Waals surface area contributed by atoms with Gasteiger partial charge in [0.2, 0.25) is 5.91 Å². The van der Waals surface area contributed by atoms with Crippen molar-refractivity contribution in [2.24, 2.45) is 5.92 Å². The summed E-state index contributed by atoms with van der Waals surface area (Å²) < 4.78 is 0. The van der Waals surface area contributed by atoms with Gasteiger partial charge in [0.1, 0.15) is 0 Å². The van der Waals surface area contributed by atoms with Crippen molar-refractivity contribution >= 4 is 17.8 Å². The van der Waals surface area contributed by atoms with Gasteiger partial charge in [-0.25, -0.2) is 0 Å². The molecule has 6 nitrogen and oxygen atoms in total. The molecule has 22 heavy (non-hydrogen) atoms. The normalized spacial score (nSPS) is 17.3. The zero-order valence-electron chi connectivity index (χ0n) is 12.5. The number of carbonyl (C=O) groups excluding carboxylic acids is 2. The predicted molar refractivity (Wildman–Crippen MR) is 80.5 cm³/mol. The van der Waals surface area contributed by atoms with Crippen LogP contribution in [-0.2, 0) is 16.0 Å². The van der Waals surface area contributed by atoms with E-state index < -0.39 is 11.9 Å². The maximum atomic E-state index is 12.1. The second-order valence-electron chi connectivity index (χ2n) is 5.44. The summed E-state index contributed by atoms with van der Waals surface area (Å²) in [6.07, 6.45) is 1.38. The van der Waals surface area contributed by atoms with Gasteiger partial charge in [0.05, 0.1) is 5.92 Å². The SMILES string of the molecule is CNC(=O)c1cccc(CCC(=O)N2CCC(C(=O)O)C2)c1. The molecule has 1 aromatic carbocycles. The van der Waals surface area contributed by atoms with Crippen LogP contribution < -0.4 is 5.32 Å². The van der Waals surface area contributed by atoms with Crippen molar-refractivity contribution in [2.45, 2.75) is 19.3 Å². The summed E-state index contributed by atoms with van der Waals surface area (Å²) >= 11 is 0. The first-order valence-corrected chi connectivity index (χ1v) is 7.33. The molecule has 0 spiro atoms. The van der Waals surface area contributed by atoms with E-state index in [1.54, 1.807) is 30.1 Å². The molecule has 1 saturated heterocycles. The monoisotopic (exact) mass is 304 g/mol. The lowest BCUT2D eigenvalue weighted by molar-refractivity contribution is -0.141. The summed E-state index contributed by atoms with van der Waals surface area (Å²) in [5.74, 6) is -1.47. The lowest BCUT2D eigenvalue weighted by atomic mass is 10.1. The molecule has 2 rings (SSSR count). The van der Waals surface area contributed by atoms with Crippen molar-refractivity contribution < 1.29 is 19.5 Å². The molecule has 0 radical (unpaired) electrons. The molecule has 1 atom stereocenters. The number of rotatable bonds is 5. The molecule has 0 aliphatic carbocycles. The van der Waals surface area contributed by atoms with Crippen molar-refractivity contribution in [3.8, 4) is 0 Å². The number of carbonyl (C=O) groups is 3. The molecule has 1 fully saturated rings. The van der Waals surface area contributed by atoms with Gasteiger partial charge in [-0.2, -0.15) is 0 Å². The second kappa shape index (κ2) is 7.06. The molecule has 1 unspecified atom stereocenters. The summed E-state index contributed by atoms with van der Waals surface area (Å²) in [5, 5.41) is 11.5. The fourth-order valence-corrected chi connectivity index (χ4v) is 2.61. The van der Waals surface area contributed by atoms with Gasteiger partial charge in [0, 0.05) is 32.1 Å². The molecule has 1 aliphatic heterocycles. The molecule has 2 amide bonds. The number of benzene rings is 1. The van der Waals surface area contributed by atoms with E-state index in [0.717, 1.165) is 5.56 Å². The van der Waals surface area contributed by atoms with Crippen molar-refractivity contribution in [2.75, 3.05) is 20.1 Å². The van der Waals surface area contributed by atoms with Crippen LogP contribution in [0.1, 0.15) is 28.8 Å². The first-order valence-electron chi connectivity index (χ1n) is 7.33. The Kier molecular flexibility index (Phi) is 5.14. The zero-order valence-corrected chi connectivity index (χ0v) is 12.5. The number of amides is 2. The van der Waals surface area contributed by atoms with Gasteiger partial charge in [0.15, 0.2) is 0 Å². The number of nitrogens with one attached hydrogen (secondary N) is 1. The van der Waals surface area contributed by atoms with Gasteiger partial charge in [-0.1, -0.05) is 12.1 Å². The Morgan fingerprint density at radius 2 is 2.14 bits per heavy atom. The minimum atomic E-state index is -0.839. The Labute approximate surface area is 129 Å². The van der Waals surface area contributed by atoms with Gasteiger partial charge in [-0.15, -0.1) is 0 Å². The van der Waals surface area contributed by atoms with Gasteiger partial charge < -0.3 is 15.3 Å². The summed E-state index contributed by atoms with van der Waals surface area (Å²) in [4.78, 5) is 36.2. The Morgan fingerprint density at radius 1 is 1.36 bits per heavy atom. The van der Waals surface area contributed by atoms with Gasteiger partial charge in [-0.3, -0.25) is 14.4 Å². The summed E-state index contributed by atoms with van der Waals surface area (Å²) in [6, 6.07) is 7.17. The van der Waals surface area contributed by atoms with Crippen LogP contribution in [0.15, 0.2) is 24.3 Å². The smallest absolute Gasteiger partial charge is 0.308 e. The number of likely N-dealkylation sites (tertiary alicyclic amines) is 1. The van der Waals surface area contributed by atoms with Crippen LogP contribution >= 0.6 is 0 Å². The molecule has 2 N–H and O–H groups in total.